The normalized spacial score (nSPS) is 17.0. The summed E-state index contributed by atoms with van der Waals surface area (Å²) in [7, 11) is 0. The molecule has 0 aliphatic carbocycles. The summed E-state index contributed by atoms with van der Waals surface area (Å²) < 4.78 is 35.0. The van der Waals surface area contributed by atoms with Crippen molar-refractivity contribution in [3.63, 3.8) is 0 Å². The van der Waals surface area contributed by atoms with Crippen LogP contribution in [0.2, 0.25) is 5.02 Å². The van der Waals surface area contributed by atoms with Gasteiger partial charge in [-0.3, -0.25) is 4.79 Å². The molecule has 0 unspecified atom stereocenters. The molecule has 0 saturated heterocycles. The minimum absolute atomic E-state index is 0.160. The van der Waals surface area contributed by atoms with Gasteiger partial charge in [-0.2, -0.15) is 0 Å². The molecule has 0 fully saturated rings. The molecule has 0 spiro atoms. The number of carbonyl (C=O) groups excluding carboxylic acids is 1. The Morgan fingerprint density at radius 3 is 2.56 bits per heavy atom. The summed E-state index contributed by atoms with van der Waals surface area (Å²) in [4.78, 5) is 13.2. The lowest BCUT2D eigenvalue weighted by molar-refractivity contribution is -0.0175. The molecule has 3 aliphatic heterocycles. The molecule has 0 aromatic heterocycles. The quantitative estimate of drug-likeness (QED) is 0.339. The molecule has 0 saturated carbocycles. The zero-order valence-electron chi connectivity index (χ0n) is 19.2. The highest BCUT2D eigenvalue weighted by atomic mass is 79.9. The number of benzene rings is 3. The van der Waals surface area contributed by atoms with Crippen LogP contribution in [-0.2, 0) is 29.3 Å². The average molecular weight is 572 g/mol. The number of allylic oxidation sites excluding steroid dienone is 1. The van der Waals surface area contributed by atoms with E-state index in [0.29, 0.717) is 41.0 Å². The Balaban J connectivity index is 1.27. The number of halogens is 2. The van der Waals surface area contributed by atoms with Crippen LogP contribution in [0.5, 0.6) is 23.0 Å². The van der Waals surface area contributed by atoms with Crippen LogP contribution in [0.3, 0.4) is 0 Å². The Kier molecular flexibility index (Phi) is 6.13. The van der Waals surface area contributed by atoms with Crippen molar-refractivity contribution in [1.29, 1.82) is 0 Å². The number of aryl methyl sites for hydroxylation is 1. The largest absolute Gasteiger partial charge is 0.489 e. The first-order valence-electron chi connectivity index (χ1n) is 11.2. The van der Waals surface area contributed by atoms with Crippen molar-refractivity contribution in [2.75, 3.05) is 13.6 Å². The lowest BCUT2D eigenvalue weighted by atomic mass is 10.0. The molecule has 3 heterocycles. The van der Waals surface area contributed by atoms with Crippen LogP contribution in [0.1, 0.15) is 38.2 Å². The van der Waals surface area contributed by atoms with Gasteiger partial charge in [0.1, 0.15) is 29.6 Å². The molecule has 0 radical (unpaired) electrons. The van der Waals surface area contributed by atoms with Gasteiger partial charge in [0.25, 0.3) is 0 Å². The fourth-order valence-corrected chi connectivity index (χ4v) is 5.33. The van der Waals surface area contributed by atoms with Crippen molar-refractivity contribution in [2.45, 2.75) is 26.7 Å². The number of hydrogen-bond acceptors (Lipinski definition) is 7. The molecule has 3 aromatic rings. The molecule has 7 nitrogen and oxygen atoms in total. The molecule has 9 heteroatoms. The van der Waals surface area contributed by atoms with E-state index in [1.54, 1.807) is 12.1 Å². The number of ketones is 1. The second kappa shape index (κ2) is 9.44. The van der Waals surface area contributed by atoms with Gasteiger partial charge >= 0.3 is 0 Å². The highest BCUT2D eigenvalue weighted by molar-refractivity contribution is 9.10. The van der Waals surface area contributed by atoms with E-state index in [9.17, 15) is 4.79 Å². The van der Waals surface area contributed by atoms with Crippen LogP contribution in [0.4, 0.5) is 0 Å². The van der Waals surface area contributed by atoms with Crippen LogP contribution < -0.4 is 18.9 Å². The Hall–Kier alpha value is -3.04. The van der Waals surface area contributed by atoms with Crippen molar-refractivity contribution >= 4 is 39.4 Å². The van der Waals surface area contributed by atoms with Crippen molar-refractivity contribution in [1.82, 2.24) is 0 Å². The smallest absolute Gasteiger partial charge is 0.232 e. The lowest BCUT2D eigenvalue weighted by Crippen LogP contribution is -2.14. The van der Waals surface area contributed by atoms with Crippen LogP contribution in [0.25, 0.3) is 6.08 Å². The predicted molar refractivity (Wildman–Crippen MR) is 135 cm³/mol. The molecule has 184 valence electrons. The van der Waals surface area contributed by atoms with Gasteiger partial charge in [0, 0.05) is 37.8 Å². The zero-order valence-corrected chi connectivity index (χ0v) is 21.5. The first-order chi connectivity index (χ1) is 17.5. The van der Waals surface area contributed by atoms with E-state index in [-0.39, 0.29) is 31.7 Å². The third-order valence-electron chi connectivity index (χ3n) is 6.08. The number of ether oxygens (including phenoxy) is 6. The van der Waals surface area contributed by atoms with E-state index in [4.69, 9.17) is 40.0 Å². The lowest BCUT2D eigenvalue weighted by Gasteiger charge is -2.21. The second-order valence-electron chi connectivity index (χ2n) is 8.60. The topological polar surface area (TPSA) is 72.5 Å². The van der Waals surface area contributed by atoms with Crippen LogP contribution in [-0.4, -0.2) is 19.4 Å². The van der Waals surface area contributed by atoms with Crippen molar-refractivity contribution < 1.29 is 33.2 Å². The van der Waals surface area contributed by atoms with E-state index < -0.39 is 0 Å². The van der Waals surface area contributed by atoms with Crippen LogP contribution in [0, 0.1) is 6.92 Å². The van der Waals surface area contributed by atoms with E-state index in [2.05, 4.69) is 15.9 Å². The number of hydrogen-bond donors (Lipinski definition) is 0. The number of carbonyl (C=O) groups is 1. The Morgan fingerprint density at radius 2 is 1.75 bits per heavy atom. The van der Waals surface area contributed by atoms with Crippen LogP contribution in [0.15, 0.2) is 46.6 Å². The van der Waals surface area contributed by atoms with Gasteiger partial charge in [-0.05, 0) is 48.9 Å². The molecular weight excluding hydrogens is 552 g/mol. The molecule has 0 N–H and O–H groups in total. The van der Waals surface area contributed by atoms with Gasteiger partial charge < -0.3 is 28.4 Å². The summed E-state index contributed by atoms with van der Waals surface area (Å²) in [6.07, 6.45) is 1.70. The number of Topliss-reactive ketones (excluding diaryl/α,β-unsaturated/α-hetero) is 1. The first-order valence-corrected chi connectivity index (χ1v) is 12.4. The van der Waals surface area contributed by atoms with E-state index >= 15 is 0 Å². The minimum Gasteiger partial charge on any atom is -0.489 e. The molecule has 3 aromatic carbocycles. The minimum atomic E-state index is -0.188. The second-order valence-corrected chi connectivity index (χ2v) is 9.95. The van der Waals surface area contributed by atoms with Crippen molar-refractivity contribution in [2.24, 2.45) is 0 Å². The van der Waals surface area contributed by atoms with E-state index in [1.807, 2.05) is 37.3 Å². The molecule has 3 aliphatic rings. The molecule has 0 bridgehead atoms. The Bertz CT molecular complexity index is 1430. The monoisotopic (exact) mass is 570 g/mol. The summed E-state index contributed by atoms with van der Waals surface area (Å²) in [5.41, 5.74) is 4.61. The van der Waals surface area contributed by atoms with Gasteiger partial charge in [-0.25, -0.2) is 0 Å². The van der Waals surface area contributed by atoms with Crippen molar-refractivity contribution in [3.8, 4) is 23.0 Å². The summed E-state index contributed by atoms with van der Waals surface area (Å²) in [5.74, 6) is 2.46. The third kappa shape index (κ3) is 4.35. The standard InChI is InChI=1S/C27H20BrClO7/c1-14-2-21(33-11-18-6-20(29)5-17-10-32-13-35-27(17)18)8-22-24(14)25(30)23(36-22)7-15-3-19(28)4-16-9-31-12-34-26(15)16/h2-8H,9-13H2,1H3/b23-7-. The van der Waals surface area contributed by atoms with E-state index in [0.717, 1.165) is 38.0 Å². The van der Waals surface area contributed by atoms with Gasteiger partial charge in [0.15, 0.2) is 19.3 Å². The number of fused-ring (bicyclic) bond motifs is 3. The summed E-state index contributed by atoms with van der Waals surface area (Å²) in [6.45, 7) is 3.32. The van der Waals surface area contributed by atoms with Gasteiger partial charge in [0.05, 0.1) is 18.8 Å². The fourth-order valence-electron chi connectivity index (χ4n) is 4.54. The Labute approximate surface area is 220 Å². The maximum Gasteiger partial charge on any atom is 0.232 e. The maximum atomic E-state index is 13.2. The highest BCUT2D eigenvalue weighted by Crippen LogP contribution is 2.40. The summed E-state index contributed by atoms with van der Waals surface area (Å²) >= 11 is 9.78. The SMILES string of the molecule is Cc1cc(OCc2cc(Cl)cc3c2OCOC3)cc2c1C(=O)/C(=C/c1cc(Br)cc3c1OCOC3)O2. The Morgan fingerprint density at radius 1 is 1.00 bits per heavy atom. The van der Waals surface area contributed by atoms with Gasteiger partial charge in [-0.15, -0.1) is 0 Å². The van der Waals surface area contributed by atoms with E-state index in [1.165, 1.54) is 0 Å². The van der Waals surface area contributed by atoms with Crippen LogP contribution >= 0.6 is 27.5 Å². The number of rotatable bonds is 4. The zero-order chi connectivity index (χ0) is 24.8. The summed E-state index contributed by atoms with van der Waals surface area (Å²) in [5, 5.41) is 0.584. The maximum absolute atomic E-state index is 13.2. The first kappa shape index (κ1) is 23.4. The molecule has 6 rings (SSSR count). The predicted octanol–water partition coefficient (Wildman–Crippen LogP) is 6.34. The van der Waals surface area contributed by atoms with Gasteiger partial charge in [-0.1, -0.05) is 27.5 Å². The fraction of sp³-hybridized carbons (Fsp3) is 0.222. The molecule has 36 heavy (non-hydrogen) atoms. The third-order valence-corrected chi connectivity index (χ3v) is 6.76. The summed E-state index contributed by atoms with van der Waals surface area (Å²) in [6, 6.07) is 11.0. The molecule has 0 amide bonds. The van der Waals surface area contributed by atoms with Crippen molar-refractivity contribution in [3.05, 3.63) is 85.0 Å². The van der Waals surface area contributed by atoms with Gasteiger partial charge in [0.2, 0.25) is 5.78 Å². The average Bonchev–Trinajstić information content (AvgIpc) is 3.17. The highest BCUT2D eigenvalue weighted by Gasteiger charge is 2.31. The molecule has 0 atom stereocenters. The molecular formula is C27H20BrClO7.